The van der Waals surface area contributed by atoms with E-state index in [0.717, 1.165) is 25.4 Å². The van der Waals surface area contributed by atoms with Gasteiger partial charge in [0.25, 0.3) is 0 Å². The summed E-state index contributed by atoms with van der Waals surface area (Å²) in [7, 11) is 0. The number of likely N-dealkylation sites (N-methyl/N-ethyl adjacent to an activating group) is 1. The Bertz CT molecular complexity index is 395. The molecule has 1 N–H and O–H groups in total. The summed E-state index contributed by atoms with van der Waals surface area (Å²) >= 11 is 0. The summed E-state index contributed by atoms with van der Waals surface area (Å²) in [6.07, 6.45) is 3.79. The van der Waals surface area contributed by atoms with Gasteiger partial charge < -0.3 is 10.0 Å². The Kier molecular flexibility index (Phi) is 4.37. The van der Waals surface area contributed by atoms with Crippen molar-refractivity contribution in [2.75, 3.05) is 19.6 Å². The van der Waals surface area contributed by atoms with Crippen LogP contribution in [-0.2, 0) is 6.42 Å². The molecule has 0 heterocycles. The second-order valence-corrected chi connectivity index (χ2v) is 5.09. The van der Waals surface area contributed by atoms with Crippen LogP contribution >= 0.6 is 0 Å². The molecule has 3 heteroatoms. The fourth-order valence-corrected chi connectivity index (χ4v) is 2.15. The van der Waals surface area contributed by atoms with Gasteiger partial charge in [-0.15, -0.1) is 0 Å². The van der Waals surface area contributed by atoms with E-state index in [1.807, 2.05) is 12.1 Å². The summed E-state index contributed by atoms with van der Waals surface area (Å²) in [5.74, 6) is 0.0739. The highest BCUT2D eigenvalue weighted by Gasteiger charge is 2.23. The number of aromatic carboxylic acids is 1. The molecule has 0 bridgehead atoms. The molecule has 98 valence electrons. The number of benzene rings is 1. The Labute approximate surface area is 108 Å². The highest BCUT2D eigenvalue weighted by Crippen LogP contribution is 2.29. The van der Waals surface area contributed by atoms with Gasteiger partial charge in [-0.25, -0.2) is 4.79 Å². The van der Waals surface area contributed by atoms with Crippen LogP contribution in [0.5, 0.6) is 0 Å². The minimum Gasteiger partial charge on any atom is -0.478 e. The van der Waals surface area contributed by atoms with Crippen molar-refractivity contribution in [3.63, 3.8) is 0 Å². The first-order valence-corrected chi connectivity index (χ1v) is 6.73. The topological polar surface area (TPSA) is 40.5 Å². The molecule has 0 atom stereocenters. The zero-order chi connectivity index (χ0) is 13.0. The molecule has 0 spiro atoms. The lowest BCUT2D eigenvalue weighted by molar-refractivity contribution is 0.0697. The van der Waals surface area contributed by atoms with Crippen molar-refractivity contribution in [2.24, 2.45) is 5.92 Å². The fraction of sp³-hybridized carbons (Fsp3) is 0.533. The first-order chi connectivity index (χ1) is 8.69. The summed E-state index contributed by atoms with van der Waals surface area (Å²) in [6.45, 7) is 5.60. The average molecular weight is 247 g/mol. The van der Waals surface area contributed by atoms with Crippen molar-refractivity contribution in [2.45, 2.75) is 26.2 Å². The van der Waals surface area contributed by atoms with E-state index in [9.17, 15) is 4.79 Å². The largest absolute Gasteiger partial charge is 0.478 e. The number of carboxylic acids is 1. The predicted octanol–water partition coefficient (Wildman–Crippen LogP) is 2.66. The fourth-order valence-electron chi connectivity index (χ4n) is 2.15. The number of nitrogens with zero attached hydrogens (tertiary/aromatic N) is 1. The number of carboxylic acid groups (broad SMARTS) is 1. The molecule has 18 heavy (non-hydrogen) atoms. The molecular formula is C15H21NO2. The van der Waals surface area contributed by atoms with Gasteiger partial charge >= 0.3 is 5.97 Å². The molecule has 0 aromatic heterocycles. The molecule has 1 aliphatic rings. The third kappa shape index (κ3) is 3.84. The predicted molar refractivity (Wildman–Crippen MR) is 71.9 cm³/mol. The lowest BCUT2D eigenvalue weighted by atomic mass is 10.1. The Morgan fingerprint density at radius 2 is 2.00 bits per heavy atom. The zero-order valence-electron chi connectivity index (χ0n) is 10.9. The molecule has 2 rings (SSSR count). The van der Waals surface area contributed by atoms with Crippen LogP contribution in [0.15, 0.2) is 24.3 Å². The molecule has 1 fully saturated rings. The Balaban J connectivity index is 1.82. The minimum absolute atomic E-state index is 0.365. The van der Waals surface area contributed by atoms with Crippen LogP contribution in [0.4, 0.5) is 0 Å². The van der Waals surface area contributed by atoms with E-state index in [-0.39, 0.29) is 0 Å². The summed E-state index contributed by atoms with van der Waals surface area (Å²) in [5.41, 5.74) is 1.58. The Hall–Kier alpha value is -1.35. The molecule has 3 nitrogen and oxygen atoms in total. The van der Waals surface area contributed by atoms with Gasteiger partial charge in [-0.1, -0.05) is 19.1 Å². The van der Waals surface area contributed by atoms with E-state index in [4.69, 9.17) is 5.11 Å². The first-order valence-electron chi connectivity index (χ1n) is 6.73. The van der Waals surface area contributed by atoms with Crippen LogP contribution in [0, 0.1) is 5.92 Å². The maximum atomic E-state index is 10.7. The molecule has 0 radical (unpaired) electrons. The van der Waals surface area contributed by atoms with E-state index < -0.39 is 5.97 Å². The van der Waals surface area contributed by atoms with Crippen molar-refractivity contribution in [3.8, 4) is 0 Å². The van der Waals surface area contributed by atoms with Crippen LogP contribution in [0.2, 0.25) is 0 Å². The van der Waals surface area contributed by atoms with Gasteiger partial charge in [-0.3, -0.25) is 0 Å². The highest BCUT2D eigenvalue weighted by molar-refractivity contribution is 5.87. The molecule has 0 amide bonds. The van der Waals surface area contributed by atoms with Crippen molar-refractivity contribution >= 4 is 5.97 Å². The lowest BCUT2D eigenvalue weighted by Gasteiger charge is -2.20. The Morgan fingerprint density at radius 1 is 1.33 bits per heavy atom. The number of rotatable bonds is 7. The molecular weight excluding hydrogens is 226 g/mol. The van der Waals surface area contributed by atoms with Gasteiger partial charge in [0.2, 0.25) is 0 Å². The quantitative estimate of drug-likeness (QED) is 0.805. The van der Waals surface area contributed by atoms with Crippen molar-refractivity contribution < 1.29 is 9.90 Å². The first kappa shape index (κ1) is 13.1. The molecule has 0 aliphatic heterocycles. The highest BCUT2D eigenvalue weighted by atomic mass is 16.4. The second-order valence-electron chi connectivity index (χ2n) is 5.09. The normalized spacial score (nSPS) is 15.0. The molecule has 1 aromatic carbocycles. The lowest BCUT2D eigenvalue weighted by Crippen LogP contribution is -2.28. The third-order valence-corrected chi connectivity index (χ3v) is 3.58. The van der Waals surface area contributed by atoms with Crippen LogP contribution in [-0.4, -0.2) is 35.6 Å². The summed E-state index contributed by atoms with van der Waals surface area (Å²) in [4.78, 5) is 13.2. The van der Waals surface area contributed by atoms with Gasteiger partial charge in [-0.05, 0) is 49.4 Å². The van der Waals surface area contributed by atoms with E-state index in [1.165, 1.54) is 24.9 Å². The van der Waals surface area contributed by atoms with Gasteiger partial charge in [0.05, 0.1) is 5.56 Å². The molecule has 1 aromatic rings. The smallest absolute Gasteiger partial charge is 0.335 e. The van der Waals surface area contributed by atoms with Crippen LogP contribution in [0.3, 0.4) is 0 Å². The van der Waals surface area contributed by atoms with Gasteiger partial charge in [0.15, 0.2) is 0 Å². The van der Waals surface area contributed by atoms with Crippen molar-refractivity contribution in [1.29, 1.82) is 0 Å². The van der Waals surface area contributed by atoms with Gasteiger partial charge in [0, 0.05) is 13.1 Å². The van der Waals surface area contributed by atoms with Gasteiger partial charge in [-0.2, -0.15) is 0 Å². The maximum Gasteiger partial charge on any atom is 0.335 e. The van der Waals surface area contributed by atoms with E-state index in [2.05, 4.69) is 11.8 Å². The van der Waals surface area contributed by atoms with Crippen LogP contribution in [0.1, 0.15) is 35.7 Å². The summed E-state index contributed by atoms with van der Waals surface area (Å²) < 4.78 is 0. The van der Waals surface area contributed by atoms with Crippen molar-refractivity contribution in [1.82, 2.24) is 4.90 Å². The number of hydrogen-bond acceptors (Lipinski definition) is 2. The molecule has 0 unspecified atom stereocenters. The number of hydrogen-bond donors (Lipinski definition) is 1. The Morgan fingerprint density at radius 3 is 2.50 bits per heavy atom. The van der Waals surface area contributed by atoms with Gasteiger partial charge in [0.1, 0.15) is 0 Å². The second kappa shape index (κ2) is 6.01. The molecule has 1 saturated carbocycles. The maximum absolute atomic E-state index is 10.7. The van der Waals surface area contributed by atoms with E-state index in [0.29, 0.717) is 5.56 Å². The van der Waals surface area contributed by atoms with Crippen molar-refractivity contribution in [3.05, 3.63) is 35.4 Å². The monoisotopic (exact) mass is 247 g/mol. The molecule has 1 aliphatic carbocycles. The standard InChI is InChI=1S/C15H21NO2/c1-2-16(11-13-3-4-13)10-9-12-5-7-14(8-6-12)15(17)18/h5-8,13H,2-4,9-11H2,1H3,(H,17,18). The van der Waals surface area contributed by atoms with E-state index >= 15 is 0 Å². The number of carbonyl (C=O) groups is 1. The van der Waals surface area contributed by atoms with Crippen LogP contribution in [0.25, 0.3) is 0 Å². The summed E-state index contributed by atoms with van der Waals surface area (Å²) in [6, 6.07) is 7.23. The third-order valence-electron chi connectivity index (χ3n) is 3.58. The summed E-state index contributed by atoms with van der Waals surface area (Å²) in [5, 5.41) is 8.83. The zero-order valence-corrected chi connectivity index (χ0v) is 10.9. The molecule has 0 saturated heterocycles. The minimum atomic E-state index is -0.856. The van der Waals surface area contributed by atoms with E-state index in [1.54, 1.807) is 12.1 Å². The average Bonchev–Trinajstić information content (AvgIpc) is 3.18. The van der Waals surface area contributed by atoms with Crippen LogP contribution < -0.4 is 0 Å². The SMILES string of the molecule is CCN(CCc1ccc(C(=O)O)cc1)CC1CC1.